The van der Waals surface area contributed by atoms with Gasteiger partial charge in [0.2, 0.25) is 10.0 Å². The number of sulfonamides is 1. The monoisotopic (exact) mass is 311 g/mol. The van der Waals surface area contributed by atoms with Gasteiger partial charge in [-0.15, -0.1) is 0 Å². The van der Waals surface area contributed by atoms with Crippen molar-refractivity contribution in [3.05, 3.63) is 47.0 Å². The van der Waals surface area contributed by atoms with E-state index < -0.39 is 10.0 Å². The molecule has 20 heavy (non-hydrogen) atoms. The molecule has 0 radical (unpaired) electrons. The standard InChI is InChI=1S/C13H14ClN3O2S/c1-8-2-4-10(14)12(6-8)17-13-7-9(20(16,18)19)3-5-11(13)15/h2-7,17H,15H2,1H3,(H2,16,18,19). The van der Waals surface area contributed by atoms with Crippen LogP contribution in [0.1, 0.15) is 5.56 Å². The van der Waals surface area contributed by atoms with E-state index in [-0.39, 0.29) is 4.90 Å². The maximum absolute atomic E-state index is 11.4. The Hall–Kier alpha value is -1.76. The number of benzene rings is 2. The van der Waals surface area contributed by atoms with Gasteiger partial charge in [-0.3, -0.25) is 0 Å². The van der Waals surface area contributed by atoms with Gasteiger partial charge in [0, 0.05) is 0 Å². The van der Waals surface area contributed by atoms with Gasteiger partial charge in [-0.2, -0.15) is 0 Å². The van der Waals surface area contributed by atoms with Crippen molar-refractivity contribution in [2.45, 2.75) is 11.8 Å². The number of aryl methyl sites for hydroxylation is 1. The summed E-state index contributed by atoms with van der Waals surface area (Å²) in [5.74, 6) is 0. The Labute approximate surface area is 122 Å². The van der Waals surface area contributed by atoms with Gasteiger partial charge in [0.1, 0.15) is 0 Å². The smallest absolute Gasteiger partial charge is 0.238 e. The predicted molar refractivity (Wildman–Crippen MR) is 81.7 cm³/mol. The first kappa shape index (κ1) is 14.6. The van der Waals surface area contributed by atoms with E-state index in [4.69, 9.17) is 22.5 Å². The van der Waals surface area contributed by atoms with Crippen molar-refractivity contribution < 1.29 is 8.42 Å². The molecule has 0 bridgehead atoms. The van der Waals surface area contributed by atoms with E-state index in [0.717, 1.165) is 5.56 Å². The molecule has 2 aromatic rings. The summed E-state index contributed by atoms with van der Waals surface area (Å²) in [5, 5.41) is 8.63. The molecule has 0 spiro atoms. The van der Waals surface area contributed by atoms with E-state index in [0.29, 0.717) is 22.1 Å². The second kappa shape index (κ2) is 5.32. The lowest BCUT2D eigenvalue weighted by Crippen LogP contribution is -2.12. The molecule has 2 rings (SSSR count). The minimum atomic E-state index is -3.78. The van der Waals surface area contributed by atoms with Crippen LogP contribution in [0.4, 0.5) is 17.1 Å². The van der Waals surface area contributed by atoms with Crippen molar-refractivity contribution in [3.8, 4) is 0 Å². The van der Waals surface area contributed by atoms with Gasteiger partial charge in [0.25, 0.3) is 0 Å². The van der Waals surface area contributed by atoms with Crippen LogP contribution in [0.5, 0.6) is 0 Å². The zero-order valence-electron chi connectivity index (χ0n) is 10.7. The molecule has 0 saturated heterocycles. The molecule has 0 saturated carbocycles. The Morgan fingerprint density at radius 2 is 1.80 bits per heavy atom. The zero-order chi connectivity index (χ0) is 14.9. The summed E-state index contributed by atoms with van der Waals surface area (Å²) in [4.78, 5) is -0.0158. The SMILES string of the molecule is Cc1ccc(Cl)c(Nc2cc(S(N)(=O)=O)ccc2N)c1. The van der Waals surface area contributed by atoms with E-state index in [9.17, 15) is 8.42 Å². The average Bonchev–Trinajstić information content (AvgIpc) is 2.35. The van der Waals surface area contributed by atoms with Crippen molar-refractivity contribution in [3.63, 3.8) is 0 Å². The lowest BCUT2D eigenvalue weighted by Gasteiger charge is -2.12. The topological polar surface area (TPSA) is 98.2 Å². The van der Waals surface area contributed by atoms with Crippen LogP contribution in [-0.4, -0.2) is 8.42 Å². The third-order valence-corrected chi connectivity index (χ3v) is 3.99. The molecule has 0 aliphatic carbocycles. The van der Waals surface area contributed by atoms with Crippen molar-refractivity contribution in [1.82, 2.24) is 0 Å². The number of primary sulfonamides is 1. The van der Waals surface area contributed by atoms with E-state index in [2.05, 4.69) is 5.32 Å². The van der Waals surface area contributed by atoms with E-state index in [1.165, 1.54) is 18.2 Å². The van der Waals surface area contributed by atoms with Crippen LogP contribution in [0.25, 0.3) is 0 Å². The highest BCUT2D eigenvalue weighted by Gasteiger charge is 2.11. The molecular weight excluding hydrogens is 298 g/mol. The van der Waals surface area contributed by atoms with Gasteiger partial charge in [-0.25, -0.2) is 13.6 Å². The van der Waals surface area contributed by atoms with E-state index >= 15 is 0 Å². The lowest BCUT2D eigenvalue weighted by molar-refractivity contribution is 0.598. The number of hydrogen-bond donors (Lipinski definition) is 3. The number of rotatable bonds is 3. The minimum Gasteiger partial charge on any atom is -0.397 e. The summed E-state index contributed by atoms with van der Waals surface area (Å²) in [6.45, 7) is 1.92. The highest BCUT2D eigenvalue weighted by molar-refractivity contribution is 7.89. The summed E-state index contributed by atoms with van der Waals surface area (Å²) in [6, 6.07) is 9.67. The first-order chi connectivity index (χ1) is 9.27. The lowest BCUT2D eigenvalue weighted by atomic mass is 10.2. The summed E-state index contributed by atoms with van der Waals surface area (Å²) in [7, 11) is -3.78. The Balaban J connectivity index is 2.45. The third-order valence-electron chi connectivity index (χ3n) is 2.74. The molecule has 106 valence electrons. The molecule has 0 unspecified atom stereocenters. The fraction of sp³-hybridized carbons (Fsp3) is 0.0769. The van der Waals surface area contributed by atoms with Gasteiger partial charge in [0.05, 0.1) is 27.0 Å². The van der Waals surface area contributed by atoms with Crippen LogP contribution in [-0.2, 0) is 10.0 Å². The largest absolute Gasteiger partial charge is 0.397 e. The van der Waals surface area contributed by atoms with Gasteiger partial charge >= 0.3 is 0 Å². The first-order valence-electron chi connectivity index (χ1n) is 5.73. The summed E-state index contributed by atoms with van der Waals surface area (Å²) in [6.07, 6.45) is 0. The highest BCUT2D eigenvalue weighted by Crippen LogP contribution is 2.30. The maximum atomic E-state index is 11.4. The summed E-state index contributed by atoms with van der Waals surface area (Å²) < 4.78 is 22.7. The van der Waals surface area contributed by atoms with Crippen LogP contribution < -0.4 is 16.2 Å². The molecule has 2 aromatic carbocycles. The van der Waals surface area contributed by atoms with Gasteiger partial charge in [-0.1, -0.05) is 17.7 Å². The van der Waals surface area contributed by atoms with Gasteiger partial charge in [0.15, 0.2) is 0 Å². The van der Waals surface area contributed by atoms with E-state index in [1.54, 1.807) is 6.07 Å². The van der Waals surface area contributed by atoms with Crippen LogP contribution in [0.3, 0.4) is 0 Å². The number of anilines is 3. The predicted octanol–water partition coefficient (Wildman–Crippen LogP) is 2.62. The molecule has 5 nitrogen and oxygen atoms in total. The van der Waals surface area contributed by atoms with Crippen LogP contribution in [0.15, 0.2) is 41.3 Å². The number of halogens is 1. The number of hydrogen-bond acceptors (Lipinski definition) is 4. The van der Waals surface area contributed by atoms with Crippen LogP contribution >= 0.6 is 11.6 Å². The minimum absolute atomic E-state index is 0.0158. The second-order valence-electron chi connectivity index (χ2n) is 4.40. The second-order valence-corrected chi connectivity index (χ2v) is 6.37. The zero-order valence-corrected chi connectivity index (χ0v) is 12.3. The van der Waals surface area contributed by atoms with Crippen molar-refractivity contribution >= 4 is 38.7 Å². The highest BCUT2D eigenvalue weighted by atomic mass is 35.5. The molecule has 0 aliphatic rings. The Morgan fingerprint density at radius 3 is 2.45 bits per heavy atom. The molecule has 0 aromatic heterocycles. The molecule has 0 aliphatic heterocycles. The van der Waals surface area contributed by atoms with Gasteiger partial charge in [-0.05, 0) is 42.8 Å². The van der Waals surface area contributed by atoms with Crippen LogP contribution in [0.2, 0.25) is 5.02 Å². The fourth-order valence-electron chi connectivity index (χ4n) is 1.70. The molecule has 0 heterocycles. The first-order valence-corrected chi connectivity index (χ1v) is 7.65. The maximum Gasteiger partial charge on any atom is 0.238 e. The number of nitrogens with two attached hydrogens (primary N) is 2. The van der Waals surface area contributed by atoms with Crippen molar-refractivity contribution in [2.75, 3.05) is 11.1 Å². The molecule has 0 fully saturated rings. The Bertz CT molecular complexity index is 760. The third kappa shape index (κ3) is 3.22. The number of nitrogen functional groups attached to an aromatic ring is 1. The summed E-state index contributed by atoms with van der Waals surface area (Å²) >= 11 is 6.08. The Kier molecular flexibility index (Phi) is 3.89. The fourth-order valence-corrected chi connectivity index (χ4v) is 2.41. The van der Waals surface area contributed by atoms with Crippen molar-refractivity contribution in [2.24, 2.45) is 5.14 Å². The molecule has 7 heteroatoms. The normalized spacial score (nSPS) is 11.3. The molecule has 0 amide bonds. The molecule has 0 atom stereocenters. The van der Waals surface area contributed by atoms with Crippen molar-refractivity contribution in [1.29, 1.82) is 0 Å². The summed E-state index contributed by atoms with van der Waals surface area (Å²) in [5.41, 5.74) is 8.32. The van der Waals surface area contributed by atoms with Crippen LogP contribution in [0, 0.1) is 6.92 Å². The number of nitrogens with one attached hydrogen (secondary N) is 1. The quantitative estimate of drug-likeness (QED) is 0.759. The average molecular weight is 312 g/mol. The van der Waals surface area contributed by atoms with E-state index in [1.807, 2.05) is 19.1 Å². The molecular formula is C13H14ClN3O2S. The molecule has 5 N–H and O–H groups in total. The van der Waals surface area contributed by atoms with Gasteiger partial charge < -0.3 is 11.1 Å². The Morgan fingerprint density at radius 1 is 1.10 bits per heavy atom.